The summed E-state index contributed by atoms with van der Waals surface area (Å²) in [7, 11) is 0. The van der Waals surface area contributed by atoms with E-state index in [9.17, 15) is 14.4 Å². The molecule has 130 valence electrons. The number of hydrogen-bond donors (Lipinski definition) is 2. The lowest BCUT2D eigenvalue weighted by Crippen LogP contribution is -2.26. The molecule has 0 spiro atoms. The number of carboxylic acids is 2. The second-order valence-electron chi connectivity index (χ2n) is 6.34. The van der Waals surface area contributed by atoms with Gasteiger partial charge in [0.2, 0.25) is 0 Å². The first-order valence-electron chi connectivity index (χ1n) is 8.00. The molecule has 0 amide bonds. The van der Waals surface area contributed by atoms with Crippen molar-refractivity contribution in [3.63, 3.8) is 0 Å². The predicted octanol–water partition coefficient (Wildman–Crippen LogP) is 3.50. The molecule has 1 aromatic rings. The van der Waals surface area contributed by atoms with Crippen molar-refractivity contribution in [3.8, 4) is 0 Å². The molecular weight excluding hydrogens is 308 g/mol. The standard InChI is InChI=1S/C19H24O5/c1-13(2)10-16(20)11-15(12-17(18(21)22)19(23)24)9-8-14-6-4-3-5-7-14/h3-9,13,15,17H,10-12H2,1-2H3,(H,21,22)(H,23,24)/b9-8+. The lowest BCUT2D eigenvalue weighted by atomic mass is 9.88. The molecule has 0 bridgehead atoms. The fourth-order valence-corrected chi connectivity index (χ4v) is 2.48. The molecule has 5 heteroatoms. The molecule has 1 unspecified atom stereocenters. The maximum absolute atomic E-state index is 12.1. The zero-order chi connectivity index (χ0) is 18.1. The zero-order valence-electron chi connectivity index (χ0n) is 14.0. The van der Waals surface area contributed by atoms with Gasteiger partial charge in [-0.2, -0.15) is 0 Å². The Bertz CT molecular complexity index is 575. The van der Waals surface area contributed by atoms with Crippen LogP contribution < -0.4 is 0 Å². The maximum atomic E-state index is 12.1. The summed E-state index contributed by atoms with van der Waals surface area (Å²) in [6.45, 7) is 3.87. The van der Waals surface area contributed by atoms with Crippen molar-refractivity contribution in [2.24, 2.45) is 17.8 Å². The highest BCUT2D eigenvalue weighted by Crippen LogP contribution is 2.22. The summed E-state index contributed by atoms with van der Waals surface area (Å²) in [6, 6.07) is 9.39. The van der Waals surface area contributed by atoms with Gasteiger partial charge in [-0.25, -0.2) is 0 Å². The van der Waals surface area contributed by atoms with Gasteiger partial charge in [0.15, 0.2) is 5.92 Å². The quantitative estimate of drug-likeness (QED) is 0.640. The van der Waals surface area contributed by atoms with Crippen LogP contribution >= 0.6 is 0 Å². The van der Waals surface area contributed by atoms with E-state index in [1.807, 2.05) is 44.2 Å². The van der Waals surface area contributed by atoms with Gasteiger partial charge in [-0.1, -0.05) is 56.3 Å². The Kier molecular flexibility index (Phi) is 7.89. The molecule has 1 rings (SSSR count). The number of ketones is 1. The second kappa shape index (κ2) is 9.65. The fraction of sp³-hybridized carbons (Fsp3) is 0.421. The number of rotatable bonds is 10. The van der Waals surface area contributed by atoms with E-state index in [0.717, 1.165) is 5.56 Å². The van der Waals surface area contributed by atoms with Gasteiger partial charge in [-0.15, -0.1) is 0 Å². The fourth-order valence-electron chi connectivity index (χ4n) is 2.48. The summed E-state index contributed by atoms with van der Waals surface area (Å²) in [5.74, 6) is -4.46. The topological polar surface area (TPSA) is 91.7 Å². The van der Waals surface area contributed by atoms with Gasteiger partial charge in [0.1, 0.15) is 5.78 Å². The molecule has 1 atom stereocenters. The third kappa shape index (κ3) is 7.22. The molecule has 1 aromatic carbocycles. The first-order chi connectivity index (χ1) is 11.3. The van der Waals surface area contributed by atoms with Crippen LogP contribution in [0.4, 0.5) is 0 Å². The first-order valence-corrected chi connectivity index (χ1v) is 8.00. The van der Waals surface area contributed by atoms with Gasteiger partial charge in [0.05, 0.1) is 0 Å². The summed E-state index contributed by atoms with van der Waals surface area (Å²) in [5, 5.41) is 18.1. The van der Waals surface area contributed by atoms with E-state index in [0.29, 0.717) is 6.42 Å². The molecule has 2 N–H and O–H groups in total. The van der Waals surface area contributed by atoms with Gasteiger partial charge < -0.3 is 10.2 Å². The Morgan fingerprint density at radius 2 is 1.58 bits per heavy atom. The van der Waals surface area contributed by atoms with E-state index < -0.39 is 23.8 Å². The minimum absolute atomic E-state index is 0.0160. The number of Topliss-reactive ketones (excluding diaryl/α,β-unsaturated/α-hetero) is 1. The highest BCUT2D eigenvalue weighted by Gasteiger charge is 2.29. The number of carbonyl (C=O) groups excluding carboxylic acids is 1. The Morgan fingerprint density at radius 3 is 2.08 bits per heavy atom. The number of hydrogen-bond acceptors (Lipinski definition) is 3. The number of carbonyl (C=O) groups is 3. The van der Waals surface area contributed by atoms with E-state index in [1.165, 1.54) is 0 Å². The second-order valence-corrected chi connectivity index (χ2v) is 6.34. The van der Waals surface area contributed by atoms with Crippen LogP contribution in [-0.2, 0) is 14.4 Å². The third-order valence-corrected chi connectivity index (χ3v) is 3.62. The monoisotopic (exact) mass is 332 g/mol. The molecule has 0 aromatic heterocycles. The number of allylic oxidation sites excluding steroid dienone is 1. The molecule has 0 fully saturated rings. The van der Waals surface area contributed by atoms with E-state index in [2.05, 4.69) is 0 Å². The summed E-state index contributed by atoms with van der Waals surface area (Å²) in [4.78, 5) is 34.3. The maximum Gasteiger partial charge on any atom is 0.317 e. The van der Waals surface area contributed by atoms with Crippen LogP contribution in [0, 0.1) is 17.8 Å². The zero-order valence-corrected chi connectivity index (χ0v) is 14.0. The van der Waals surface area contributed by atoms with Gasteiger partial charge >= 0.3 is 11.9 Å². The van der Waals surface area contributed by atoms with Crippen molar-refractivity contribution in [3.05, 3.63) is 42.0 Å². The molecule has 0 aliphatic heterocycles. The highest BCUT2D eigenvalue weighted by molar-refractivity contribution is 5.93. The molecule has 0 saturated heterocycles. The van der Waals surface area contributed by atoms with Gasteiger partial charge in [0, 0.05) is 12.8 Å². The Labute approximate surface area is 142 Å². The number of aliphatic carboxylic acids is 2. The van der Waals surface area contributed by atoms with E-state index in [-0.39, 0.29) is 24.5 Å². The summed E-state index contributed by atoms with van der Waals surface area (Å²) in [5.41, 5.74) is 0.918. The highest BCUT2D eigenvalue weighted by atomic mass is 16.4. The Morgan fingerprint density at radius 1 is 1.00 bits per heavy atom. The molecule has 0 aliphatic rings. The summed E-state index contributed by atoms with van der Waals surface area (Å²) in [6.07, 6.45) is 4.00. The largest absolute Gasteiger partial charge is 0.481 e. The molecule has 0 aliphatic carbocycles. The minimum Gasteiger partial charge on any atom is -0.481 e. The van der Waals surface area contributed by atoms with E-state index >= 15 is 0 Å². The van der Waals surface area contributed by atoms with E-state index in [4.69, 9.17) is 10.2 Å². The van der Waals surface area contributed by atoms with Gasteiger partial charge in [-0.3, -0.25) is 14.4 Å². The SMILES string of the molecule is CC(C)CC(=O)CC(/C=C/c1ccccc1)CC(C(=O)O)C(=O)O. The average Bonchev–Trinajstić information content (AvgIpc) is 2.49. The minimum atomic E-state index is -1.51. The van der Waals surface area contributed by atoms with Crippen LogP contribution in [0.2, 0.25) is 0 Å². The van der Waals surface area contributed by atoms with Crippen LogP contribution in [0.1, 0.15) is 38.7 Å². The van der Waals surface area contributed by atoms with Crippen molar-refractivity contribution in [2.45, 2.75) is 33.1 Å². The van der Waals surface area contributed by atoms with Crippen molar-refractivity contribution in [1.29, 1.82) is 0 Å². The van der Waals surface area contributed by atoms with Crippen molar-refractivity contribution >= 4 is 23.8 Å². The van der Waals surface area contributed by atoms with Crippen LogP contribution in [0.3, 0.4) is 0 Å². The van der Waals surface area contributed by atoms with E-state index in [1.54, 1.807) is 12.2 Å². The first kappa shape index (κ1) is 19.6. The van der Waals surface area contributed by atoms with Gasteiger partial charge in [-0.05, 0) is 23.8 Å². The van der Waals surface area contributed by atoms with Crippen molar-refractivity contribution < 1.29 is 24.6 Å². The smallest absolute Gasteiger partial charge is 0.317 e. The third-order valence-electron chi connectivity index (χ3n) is 3.62. The number of benzene rings is 1. The summed E-state index contributed by atoms with van der Waals surface area (Å²) >= 11 is 0. The molecule has 5 nitrogen and oxygen atoms in total. The Balaban J connectivity index is 2.89. The molecular formula is C19H24O5. The van der Waals surface area contributed by atoms with Crippen LogP contribution in [0.25, 0.3) is 6.08 Å². The van der Waals surface area contributed by atoms with Crippen LogP contribution in [-0.4, -0.2) is 27.9 Å². The lowest BCUT2D eigenvalue weighted by Gasteiger charge is -2.16. The normalized spacial score (nSPS) is 12.7. The van der Waals surface area contributed by atoms with Crippen molar-refractivity contribution in [2.75, 3.05) is 0 Å². The van der Waals surface area contributed by atoms with Crippen LogP contribution in [0.15, 0.2) is 36.4 Å². The predicted molar refractivity (Wildman–Crippen MR) is 91.4 cm³/mol. The van der Waals surface area contributed by atoms with Crippen LogP contribution in [0.5, 0.6) is 0 Å². The Hall–Kier alpha value is -2.43. The number of carboxylic acid groups (broad SMARTS) is 2. The molecule has 24 heavy (non-hydrogen) atoms. The molecule has 0 heterocycles. The molecule has 0 saturated carbocycles. The van der Waals surface area contributed by atoms with Crippen molar-refractivity contribution in [1.82, 2.24) is 0 Å². The molecule has 0 radical (unpaired) electrons. The lowest BCUT2D eigenvalue weighted by molar-refractivity contribution is -0.155. The summed E-state index contributed by atoms with van der Waals surface area (Å²) < 4.78 is 0. The van der Waals surface area contributed by atoms with Gasteiger partial charge in [0.25, 0.3) is 0 Å². The average molecular weight is 332 g/mol.